The summed E-state index contributed by atoms with van der Waals surface area (Å²) < 4.78 is 0. The molecule has 0 heterocycles. The van der Waals surface area contributed by atoms with Gasteiger partial charge in [0.25, 0.3) is 0 Å². The summed E-state index contributed by atoms with van der Waals surface area (Å²) in [5.41, 5.74) is -0.790. The van der Waals surface area contributed by atoms with Gasteiger partial charge < -0.3 is 15.7 Å². The van der Waals surface area contributed by atoms with Crippen molar-refractivity contribution in [2.24, 2.45) is 5.41 Å². The average Bonchev–Trinajstić information content (AvgIpc) is 2.60. The van der Waals surface area contributed by atoms with Gasteiger partial charge >= 0.3 is 12.0 Å². The molecule has 0 spiro atoms. The minimum atomic E-state index is -0.798. The van der Waals surface area contributed by atoms with Crippen molar-refractivity contribution in [1.82, 2.24) is 10.6 Å². The highest BCUT2D eigenvalue weighted by Crippen LogP contribution is 2.34. The van der Waals surface area contributed by atoms with E-state index in [2.05, 4.69) is 17.2 Å². The Balaban J connectivity index is 2.54. The van der Waals surface area contributed by atoms with Crippen LogP contribution in [-0.4, -0.2) is 30.2 Å². The molecule has 1 saturated carbocycles. The first-order valence-electron chi connectivity index (χ1n) is 6.47. The second-order valence-corrected chi connectivity index (χ2v) is 4.85. The number of hydrogen-bond acceptors (Lipinski definition) is 2. The van der Waals surface area contributed by atoms with Crippen molar-refractivity contribution in [1.29, 1.82) is 0 Å². The van der Waals surface area contributed by atoms with Crippen molar-refractivity contribution in [3.63, 3.8) is 0 Å². The third kappa shape index (κ3) is 4.05. The van der Waals surface area contributed by atoms with Gasteiger partial charge in [-0.1, -0.05) is 31.8 Å². The van der Waals surface area contributed by atoms with E-state index in [1.165, 1.54) is 0 Å². The molecule has 1 aliphatic rings. The van der Waals surface area contributed by atoms with Crippen LogP contribution in [0.15, 0.2) is 12.7 Å². The number of rotatable bonds is 5. The van der Waals surface area contributed by atoms with Crippen LogP contribution in [-0.2, 0) is 4.79 Å². The van der Waals surface area contributed by atoms with Gasteiger partial charge in [0.2, 0.25) is 0 Å². The lowest BCUT2D eigenvalue weighted by molar-refractivity contribution is -0.149. The summed E-state index contributed by atoms with van der Waals surface area (Å²) in [6.45, 7) is 4.08. The quantitative estimate of drug-likeness (QED) is 0.518. The Hall–Kier alpha value is -1.52. The van der Waals surface area contributed by atoms with E-state index in [1.54, 1.807) is 6.08 Å². The molecule has 102 valence electrons. The second kappa shape index (κ2) is 7.03. The SMILES string of the molecule is C=CCNC(=O)NCC1(C(=O)O)CCCCCC1. The Morgan fingerprint density at radius 1 is 1.17 bits per heavy atom. The van der Waals surface area contributed by atoms with Gasteiger partial charge in [-0.15, -0.1) is 6.58 Å². The van der Waals surface area contributed by atoms with E-state index in [0.29, 0.717) is 19.4 Å². The van der Waals surface area contributed by atoms with Crippen molar-refractivity contribution in [3.05, 3.63) is 12.7 Å². The lowest BCUT2D eigenvalue weighted by Crippen LogP contribution is -2.46. The number of urea groups is 1. The first-order chi connectivity index (χ1) is 8.60. The lowest BCUT2D eigenvalue weighted by Gasteiger charge is -2.28. The van der Waals surface area contributed by atoms with Crippen LogP contribution in [0.2, 0.25) is 0 Å². The zero-order valence-corrected chi connectivity index (χ0v) is 10.7. The molecule has 2 amide bonds. The smallest absolute Gasteiger partial charge is 0.315 e. The van der Waals surface area contributed by atoms with E-state index in [-0.39, 0.29) is 12.6 Å². The normalized spacial score (nSPS) is 18.4. The van der Waals surface area contributed by atoms with Crippen LogP contribution in [0.4, 0.5) is 4.79 Å². The summed E-state index contributed by atoms with van der Waals surface area (Å²) in [5, 5.41) is 14.7. The maximum absolute atomic E-state index is 11.5. The Kier molecular flexibility index (Phi) is 5.68. The average molecular weight is 254 g/mol. The highest BCUT2D eigenvalue weighted by Gasteiger charge is 2.38. The molecular formula is C13H22N2O3. The van der Waals surface area contributed by atoms with Gasteiger partial charge in [0, 0.05) is 13.1 Å². The summed E-state index contributed by atoms with van der Waals surface area (Å²) >= 11 is 0. The molecule has 5 nitrogen and oxygen atoms in total. The Morgan fingerprint density at radius 2 is 1.78 bits per heavy atom. The summed E-state index contributed by atoms with van der Waals surface area (Å²) in [7, 11) is 0. The number of aliphatic carboxylic acids is 1. The van der Waals surface area contributed by atoms with E-state index in [0.717, 1.165) is 25.7 Å². The Bertz CT molecular complexity index is 307. The van der Waals surface area contributed by atoms with Crippen molar-refractivity contribution in [3.8, 4) is 0 Å². The molecule has 0 saturated heterocycles. The molecule has 0 unspecified atom stereocenters. The number of carboxylic acid groups (broad SMARTS) is 1. The van der Waals surface area contributed by atoms with Gasteiger partial charge in [-0.05, 0) is 12.8 Å². The number of carbonyl (C=O) groups is 2. The molecule has 0 bridgehead atoms. The van der Waals surface area contributed by atoms with Gasteiger partial charge in [-0.2, -0.15) is 0 Å². The van der Waals surface area contributed by atoms with Crippen LogP contribution in [0, 0.1) is 5.41 Å². The molecule has 1 aliphatic carbocycles. The Morgan fingerprint density at radius 3 is 2.28 bits per heavy atom. The third-order valence-electron chi connectivity index (χ3n) is 3.51. The maximum atomic E-state index is 11.5. The number of amides is 2. The van der Waals surface area contributed by atoms with Crippen molar-refractivity contribution < 1.29 is 14.7 Å². The number of carbonyl (C=O) groups excluding carboxylic acids is 1. The highest BCUT2D eigenvalue weighted by molar-refractivity contribution is 5.78. The highest BCUT2D eigenvalue weighted by atomic mass is 16.4. The summed E-state index contributed by atoms with van der Waals surface area (Å²) in [6, 6.07) is -0.334. The van der Waals surface area contributed by atoms with E-state index in [4.69, 9.17) is 0 Å². The molecule has 18 heavy (non-hydrogen) atoms. The van der Waals surface area contributed by atoms with E-state index in [1.807, 2.05) is 0 Å². The van der Waals surface area contributed by atoms with Crippen molar-refractivity contribution in [2.45, 2.75) is 38.5 Å². The predicted octanol–water partition coefficient (Wildman–Crippen LogP) is 1.90. The largest absolute Gasteiger partial charge is 0.481 e. The first kappa shape index (κ1) is 14.5. The standard InChI is InChI=1S/C13H22N2O3/c1-2-9-14-12(18)15-10-13(11(16)17)7-5-3-4-6-8-13/h2H,1,3-10H2,(H,16,17)(H2,14,15,18). The molecule has 0 aromatic heterocycles. The molecule has 0 aliphatic heterocycles. The van der Waals surface area contributed by atoms with Crippen molar-refractivity contribution >= 4 is 12.0 Å². The summed E-state index contributed by atoms with van der Waals surface area (Å²) in [4.78, 5) is 22.9. The molecule has 0 radical (unpaired) electrons. The molecule has 0 atom stereocenters. The van der Waals surface area contributed by atoms with E-state index in [9.17, 15) is 14.7 Å². The van der Waals surface area contributed by atoms with Crippen LogP contribution in [0.5, 0.6) is 0 Å². The van der Waals surface area contributed by atoms with Crippen LogP contribution in [0.3, 0.4) is 0 Å². The minimum absolute atomic E-state index is 0.200. The number of hydrogen-bond donors (Lipinski definition) is 3. The van der Waals surface area contributed by atoms with Crippen LogP contribution in [0.25, 0.3) is 0 Å². The zero-order chi connectivity index (χ0) is 13.4. The fraction of sp³-hybridized carbons (Fsp3) is 0.692. The molecule has 5 heteroatoms. The van der Waals surface area contributed by atoms with Gasteiger partial charge in [0.15, 0.2) is 0 Å². The van der Waals surface area contributed by atoms with Gasteiger partial charge in [0.05, 0.1) is 5.41 Å². The van der Waals surface area contributed by atoms with Gasteiger partial charge in [-0.3, -0.25) is 4.79 Å². The zero-order valence-electron chi connectivity index (χ0n) is 10.7. The molecule has 1 fully saturated rings. The Labute approximate surface area is 108 Å². The topological polar surface area (TPSA) is 78.4 Å². The maximum Gasteiger partial charge on any atom is 0.315 e. The van der Waals surface area contributed by atoms with Crippen LogP contribution >= 0.6 is 0 Å². The molecule has 3 N–H and O–H groups in total. The fourth-order valence-electron chi connectivity index (χ4n) is 2.35. The second-order valence-electron chi connectivity index (χ2n) is 4.85. The van der Waals surface area contributed by atoms with Crippen LogP contribution in [0.1, 0.15) is 38.5 Å². The first-order valence-corrected chi connectivity index (χ1v) is 6.47. The van der Waals surface area contributed by atoms with Crippen molar-refractivity contribution in [2.75, 3.05) is 13.1 Å². The molecular weight excluding hydrogens is 232 g/mol. The van der Waals surface area contributed by atoms with Gasteiger partial charge in [-0.25, -0.2) is 4.79 Å². The molecule has 1 rings (SSSR count). The molecule has 0 aromatic rings. The van der Waals surface area contributed by atoms with Crippen LogP contribution < -0.4 is 10.6 Å². The monoisotopic (exact) mass is 254 g/mol. The lowest BCUT2D eigenvalue weighted by atomic mass is 9.80. The predicted molar refractivity (Wildman–Crippen MR) is 69.4 cm³/mol. The third-order valence-corrected chi connectivity index (χ3v) is 3.51. The number of nitrogens with one attached hydrogen (secondary N) is 2. The van der Waals surface area contributed by atoms with Gasteiger partial charge in [0.1, 0.15) is 0 Å². The molecule has 0 aromatic carbocycles. The number of carboxylic acids is 1. The van der Waals surface area contributed by atoms with E-state index < -0.39 is 11.4 Å². The summed E-state index contributed by atoms with van der Waals surface area (Å²) in [6.07, 6.45) is 6.87. The minimum Gasteiger partial charge on any atom is -0.481 e. The fourth-order valence-corrected chi connectivity index (χ4v) is 2.35. The summed E-state index contributed by atoms with van der Waals surface area (Å²) in [5.74, 6) is -0.798. The van der Waals surface area contributed by atoms with E-state index >= 15 is 0 Å².